The van der Waals surface area contributed by atoms with E-state index in [1.165, 1.54) is 12.1 Å². The lowest BCUT2D eigenvalue weighted by Crippen LogP contribution is -2.13. The molecule has 2 aromatic heterocycles. The fraction of sp³-hybridized carbons (Fsp3) is 0.136. The van der Waals surface area contributed by atoms with Crippen molar-refractivity contribution in [3.05, 3.63) is 92.1 Å². The molecule has 0 atom stereocenters. The van der Waals surface area contributed by atoms with Crippen LogP contribution in [0.3, 0.4) is 0 Å². The summed E-state index contributed by atoms with van der Waals surface area (Å²) in [6, 6.07) is 15.1. The van der Waals surface area contributed by atoms with Crippen LogP contribution in [0.15, 0.2) is 68.6 Å². The van der Waals surface area contributed by atoms with Crippen molar-refractivity contribution in [3.63, 3.8) is 0 Å². The molecular weight excluding hydrogens is 358 g/mol. The van der Waals surface area contributed by atoms with Crippen LogP contribution in [-0.4, -0.2) is 11.0 Å². The third-order valence-corrected chi connectivity index (χ3v) is 4.63. The molecule has 2 heterocycles. The highest BCUT2D eigenvalue weighted by Gasteiger charge is 2.15. The summed E-state index contributed by atoms with van der Waals surface area (Å²) in [5.74, 6) is -0.631. The zero-order chi connectivity index (χ0) is 19.7. The van der Waals surface area contributed by atoms with Crippen LogP contribution in [0.5, 0.6) is 0 Å². The largest absolute Gasteiger partial charge is 0.457 e. The molecule has 0 aliphatic carbocycles. The van der Waals surface area contributed by atoms with Crippen molar-refractivity contribution in [1.82, 2.24) is 4.98 Å². The van der Waals surface area contributed by atoms with Gasteiger partial charge in [-0.1, -0.05) is 37.3 Å². The van der Waals surface area contributed by atoms with Crippen LogP contribution >= 0.6 is 0 Å². The van der Waals surface area contributed by atoms with E-state index in [9.17, 15) is 14.4 Å². The number of esters is 1. The number of ether oxygens (including phenoxy) is 1. The molecule has 6 heteroatoms. The number of pyridine rings is 1. The molecule has 28 heavy (non-hydrogen) atoms. The highest BCUT2D eigenvalue weighted by atomic mass is 16.5. The average Bonchev–Trinajstić information content (AvgIpc) is 2.70. The summed E-state index contributed by atoms with van der Waals surface area (Å²) in [4.78, 5) is 39.0. The number of aromatic nitrogens is 1. The van der Waals surface area contributed by atoms with Gasteiger partial charge in [-0.25, -0.2) is 9.59 Å². The standard InChI is InChI=1S/C22H17NO5/c1-2-13-7-8-15-14(10-21(25)28-19(15)9-13)12-27-22(26)17-11-20(24)23-18-6-4-3-5-16(17)18/h3-11H,2,12H2,1H3,(H,23,24). The lowest BCUT2D eigenvalue weighted by Gasteiger charge is -2.09. The van der Waals surface area contributed by atoms with Crippen LogP contribution in [-0.2, 0) is 17.8 Å². The van der Waals surface area contributed by atoms with Gasteiger partial charge >= 0.3 is 11.6 Å². The van der Waals surface area contributed by atoms with Crippen molar-refractivity contribution < 1.29 is 13.9 Å². The molecule has 4 rings (SSSR count). The minimum Gasteiger partial charge on any atom is -0.457 e. The number of carbonyl (C=O) groups is 1. The zero-order valence-electron chi connectivity index (χ0n) is 15.2. The summed E-state index contributed by atoms with van der Waals surface area (Å²) < 4.78 is 10.7. The second-order valence-corrected chi connectivity index (χ2v) is 6.44. The highest BCUT2D eigenvalue weighted by molar-refractivity contribution is 6.03. The SMILES string of the molecule is CCc1ccc2c(COC(=O)c3cc(=O)[nH]c4ccccc34)cc(=O)oc2c1. The van der Waals surface area contributed by atoms with E-state index < -0.39 is 11.6 Å². The number of hydrogen-bond acceptors (Lipinski definition) is 5. The molecule has 140 valence electrons. The molecule has 0 amide bonds. The topological polar surface area (TPSA) is 89.4 Å². The van der Waals surface area contributed by atoms with Gasteiger partial charge in [0, 0.05) is 34.0 Å². The van der Waals surface area contributed by atoms with Crippen LogP contribution in [0.2, 0.25) is 0 Å². The minimum atomic E-state index is -0.631. The van der Waals surface area contributed by atoms with Gasteiger partial charge in [0.2, 0.25) is 5.56 Å². The second-order valence-electron chi connectivity index (χ2n) is 6.44. The molecule has 0 bridgehead atoms. The third kappa shape index (κ3) is 3.32. The number of rotatable bonds is 4. The summed E-state index contributed by atoms with van der Waals surface area (Å²) in [5, 5.41) is 1.30. The minimum absolute atomic E-state index is 0.104. The summed E-state index contributed by atoms with van der Waals surface area (Å²) in [6.07, 6.45) is 0.814. The van der Waals surface area contributed by atoms with Crippen molar-refractivity contribution in [3.8, 4) is 0 Å². The number of aryl methyl sites for hydroxylation is 1. The van der Waals surface area contributed by atoms with Crippen LogP contribution in [0, 0.1) is 0 Å². The van der Waals surface area contributed by atoms with Gasteiger partial charge in [0.05, 0.1) is 5.56 Å². The van der Waals surface area contributed by atoms with Gasteiger partial charge in [0.1, 0.15) is 12.2 Å². The molecule has 4 aromatic rings. The van der Waals surface area contributed by atoms with Crippen LogP contribution in [0.1, 0.15) is 28.4 Å². The number of aromatic amines is 1. The molecule has 0 aliphatic rings. The molecular formula is C22H17NO5. The Balaban J connectivity index is 1.68. The first kappa shape index (κ1) is 17.7. The van der Waals surface area contributed by atoms with Gasteiger partial charge < -0.3 is 14.1 Å². The van der Waals surface area contributed by atoms with Crippen molar-refractivity contribution in [2.45, 2.75) is 20.0 Å². The smallest absolute Gasteiger partial charge is 0.339 e. The monoisotopic (exact) mass is 375 g/mol. The van der Waals surface area contributed by atoms with E-state index in [1.54, 1.807) is 24.3 Å². The molecule has 0 saturated carbocycles. The fourth-order valence-electron chi connectivity index (χ4n) is 3.21. The molecule has 0 radical (unpaired) electrons. The third-order valence-electron chi connectivity index (χ3n) is 4.63. The first-order valence-corrected chi connectivity index (χ1v) is 8.90. The lowest BCUT2D eigenvalue weighted by molar-refractivity contribution is 0.0476. The predicted octanol–water partition coefficient (Wildman–Crippen LogP) is 3.55. The Kier molecular flexibility index (Phi) is 4.53. The molecule has 0 saturated heterocycles. The maximum Gasteiger partial charge on any atom is 0.339 e. The number of nitrogens with one attached hydrogen (secondary N) is 1. The number of H-pyrrole nitrogens is 1. The van der Waals surface area contributed by atoms with Crippen molar-refractivity contribution in [2.24, 2.45) is 0 Å². The number of benzene rings is 2. The Hall–Kier alpha value is -3.67. The quantitative estimate of drug-likeness (QED) is 0.435. The molecule has 6 nitrogen and oxygen atoms in total. The molecule has 2 aromatic carbocycles. The van der Waals surface area contributed by atoms with Crippen LogP contribution in [0.4, 0.5) is 0 Å². The maximum atomic E-state index is 12.6. The van der Waals surface area contributed by atoms with Crippen LogP contribution < -0.4 is 11.2 Å². The van der Waals surface area contributed by atoms with E-state index in [0.29, 0.717) is 27.4 Å². The van der Waals surface area contributed by atoms with E-state index in [2.05, 4.69) is 4.98 Å². The summed E-state index contributed by atoms with van der Waals surface area (Å²) in [6.45, 7) is 1.91. The van der Waals surface area contributed by atoms with Gasteiger partial charge in [0.15, 0.2) is 0 Å². The Morgan fingerprint density at radius 1 is 1.04 bits per heavy atom. The Bertz CT molecular complexity index is 1320. The zero-order valence-corrected chi connectivity index (χ0v) is 15.2. The van der Waals surface area contributed by atoms with Crippen molar-refractivity contribution >= 4 is 27.8 Å². The maximum absolute atomic E-state index is 12.6. The van der Waals surface area contributed by atoms with E-state index in [1.807, 2.05) is 25.1 Å². The molecule has 0 unspecified atom stereocenters. The number of para-hydroxylation sites is 1. The van der Waals surface area contributed by atoms with Crippen LogP contribution in [0.25, 0.3) is 21.9 Å². The van der Waals surface area contributed by atoms with E-state index in [-0.39, 0.29) is 17.7 Å². The number of hydrogen-bond donors (Lipinski definition) is 1. The Morgan fingerprint density at radius 2 is 1.86 bits per heavy atom. The number of fused-ring (bicyclic) bond motifs is 2. The van der Waals surface area contributed by atoms with Gasteiger partial charge in [-0.15, -0.1) is 0 Å². The fourth-order valence-corrected chi connectivity index (χ4v) is 3.21. The van der Waals surface area contributed by atoms with Crippen molar-refractivity contribution in [2.75, 3.05) is 0 Å². The first-order valence-electron chi connectivity index (χ1n) is 8.90. The van der Waals surface area contributed by atoms with E-state index >= 15 is 0 Å². The van der Waals surface area contributed by atoms with Gasteiger partial charge in [-0.3, -0.25) is 4.79 Å². The molecule has 0 fully saturated rings. The average molecular weight is 375 g/mol. The van der Waals surface area contributed by atoms with Crippen molar-refractivity contribution in [1.29, 1.82) is 0 Å². The summed E-state index contributed by atoms with van der Waals surface area (Å²) in [7, 11) is 0. The number of carbonyl (C=O) groups excluding carboxylic acids is 1. The highest BCUT2D eigenvalue weighted by Crippen LogP contribution is 2.21. The second kappa shape index (κ2) is 7.15. The van der Waals surface area contributed by atoms with Gasteiger partial charge in [0.25, 0.3) is 0 Å². The molecule has 0 aliphatic heterocycles. The summed E-state index contributed by atoms with van der Waals surface area (Å²) >= 11 is 0. The lowest BCUT2D eigenvalue weighted by atomic mass is 10.1. The van der Waals surface area contributed by atoms with E-state index in [0.717, 1.165) is 12.0 Å². The molecule has 0 spiro atoms. The Morgan fingerprint density at radius 3 is 2.68 bits per heavy atom. The van der Waals surface area contributed by atoms with E-state index in [4.69, 9.17) is 9.15 Å². The normalized spacial score (nSPS) is 11.0. The Labute approximate surface area is 159 Å². The van der Waals surface area contributed by atoms with Gasteiger partial charge in [-0.05, 0) is 24.1 Å². The predicted molar refractivity (Wildman–Crippen MR) is 106 cm³/mol. The van der Waals surface area contributed by atoms with Gasteiger partial charge in [-0.2, -0.15) is 0 Å². The first-order chi connectivity index (χ1) is 13.5. The molecule has 1 N–H and O–H groups in total. The summed E-state index contributed by atoms with van der Waals surface area (Å²) in [5.41, 5.74) is 1.90.